The summed E-state index contributed by atoms with van der Waals surface area (Å²) in [5.41, 5.74) is 0. The fourth-order valence-corrected chi connectivity index (χ4v) is 5.51. The van der Waals surface area contributed by atoms with E-state index < -0.39 is 0 Å². The molecule has 2 amide bonds. The van der Waals surface area contributed by atoms with Gasteiger partial charge in [0.15, 0.2) is 0 Å². The van der Waals surface area contributed by atoms with E-state index in [-0.39, 0.29) is 11.8 Å². The molecule has 7 heteroatoms. The fourth-order valence-electron chi connectivity index (χ4n) is 3.48. The van der Waals surface area contributed by atoms with E-state index in [1.54, 1.807) is 16.2 Å². The van der Waals surface area contributed by atoms with Crippen molar-refractivity contribution < 1.29 is 9.59 Å². The molecule has 2 aliphatic rings. The summed E-state index contributed by atoms with van der Waals surface area (Å²) in [6.45, 7) is 3.54. The average Bonchev–Trinajstić information content (AvgIpc) is 3.25. The maximum Gasteiger partial charge on any atom is 0.266 e. The number of piperidine rings is 1. The van der Waals surface area contributed by atoms with Gasteiger partial charge in [-0.05, 0) is 49.6 Å². The summed E-state index contributed by atoms with van der Waals surface area (Å²) in [5, 5.41) is 1.99. The Kier molecular flexibility index (Phi) is 6.89. The van der Waals surface area contributed by atoms with E-state index in [2.05, 4.69) is 6.92 Å². The molecule has 2 saturated heterocycles. The SMILES string of the molecule is CCC1CCCCN1C(=O)CCCN1C(=O)/C(=C\c2cccs2)SC1=S. The summed E-state index contributed by atoms with van der Waals surface area (Å²) in [6, 6.07) is 4.34. The number of likely N-dealkylation sites (tertiary alicyclic amines) is 1. The maximum atomic E-state index is 12.6. The largest absolute Gasteiger partial charge is 0.340 e. The monoisotopic (exact) mass is 408 g/mol. The zero-order chi connectivity index (χ0) is 18.5. The molecule has 1 unspecified atom stereocenters. The van der Waals surface area contributed by atoms with Crippen molar-refractivity contribution in [3.8, 4) is 0 Å². The van der Waals surface area contributed by atoms with Gasteiger partial charge in [-0.2, -0.15) is 0 Å². The number of thioether (sulfide) groups is 1. The molecular weight excluding hydrogens is 384 g/mol. The lowest BCUT2D eigenvalue weighted by Crippen LogP contribution is -2.43. The van der Waals surface area contributed by atoms with Crippen molar-refractivity contribution in [3.63, 3.8) is 0 Å². The molecule has 1 atom stereocenters. The molecule has 0 aliphatic carbocycles. The minimum absolute atomic E-state index is 0.0368. The number of carbonyl (C=O) groups is 2. The molecule has 0 spiro atoms. The van der Waals surface area contributed by atoms with E-state index in [9.17, 15) is 9.59 Å². The highest BCUT2D eigenvalue weighted by Gasteiger charge is 2.32. The van der Waals surface area contributed by atoms with Crippen molar-refractivity contribution in [2.75, 3.05) is 13.1 Å². The first-order valence-corrected chi connectivity index (χ1v) is 11.3. The number of thiophene rings is 1. The van der Waals surface area contributed by atoms with Crippen molar-refractivity contribution in [2.45, 2.75) is 51.5 Å². The smallest absolute Gasteiger partial charge is 0.266 e. The van der Waals surface area contributed by atoms with Crippen LogP contribution in [-0.2, 0) is 9.59 Å². The quantitative estimate of drug-likeness (QED) is 0.513. The highest BCUT2D eigenvalue weighted by atomic mass is 32.2. The van der Waals surface area contributed by atoms with E-state index in [0.29, 0.717) is 34.7 Å². The van der Waals surface area contributed by atoms with E-state index in [0.717, 1.165) is 30.7 Å². The molecule has 4 nitrogen and oxygen atoms in total. The topological polar surface area (TPSA) is 40.6 Å². The number of carbonyl (C=O) groups excluding carboxylic acids is 2. The second kappa shape index (κ2) is 9.15. The average molecular weight is 409 g/mol. The number of amides is 2. The summed E-state index contributed by atoms with van der Waals surface area (Å²) in [4.78, 5) is 30.5. The van der Waals surface area contributed by atoms with Crippen LogP contribution in [0, 0.1) is 0 Å². The Bertz CT molecular complexity index is 700. The minimum Gasteiger partial charge on any atom is -0.340 e. The second-order valence-electron chi connectivity index (χ2n) is 6.60. The van der Waals surface area contributed by atoms with Crippen molar-refractivity contribution >= 4 is 57.5 Å². The minimum atomic E-state index is -0.0368. The van der Waals surface area contributed by atoms with Gasteiger partial charge in [-0.15, -0.1) is 11.3 Å². The zero-order valence-corrected chi connectivity index (χ0v) is 17.4. The van der Waals surface area contributed by atoms with E-state index in [1.165, 1.54) is 18.2 Å². The second-order valence-corrected chi connectivity index (χ2v) is 9.25. The Morgan fingerprint density at radius 3 is 3.00 bits per heavy atom. The molecule has 0 radical (unpaired) electrons. The molecule has 0 bridgehead atoms. The lowest BCUT2D eigenvalue weighted by Gasteiger charge is -2.35. The van der Waals surface area contributed by atoms with E-state index >= 15 is 0 Å². The summed E-state index contributed by atoms with van der Waals surface area (Å²) < 4.78 is 0.592. The Morgan fingerprint density at radius 1 is 1.42 bits per heavy atom. The fraction of sp³-hybridized carbons (Fsp3) is 0.526. The van der Waals surface area contributed by atoms with Crippen LogP contribution in [-0.4, -0.2) is 45.1 Å². The first-order chi connectivity index (χ1) is 12.6. The summed E-state index contributed by atoms with van der Waals surface area (Å²) in [7, 11) is 0. The van der Waals surface area contributed by atoms with Gasteiger partial charge in [-0.25, -0.2) is 0 Å². The van der Waals surface area contributed by atoms with Crippen molar-refractivity contribution in [3.05, 3.63) is 27.3 Å². The molecule has 26 heavy (non-hydrogen) atoms. The van der Waals surface area contributed by atoms with Crippen LogP contribution >= 0.6 is 35.3 Å². The van der Waals surface area contributed by atoms with Crippen molar-refractivity contribution in [1.82, 2.24) is 9.80 Å². The lowest BCUT2D eigenvalue weighted by atomic mass is 9.99. The standard InChI is InChI=1S/C19H24N2O2S3/c1-2-14-7-3-4-10-20(14)17(22)9-5-11-21-18(23)16(26-19(21)24)13-15-8-6-12-25-15/h6,8,12-14H,2-5,7,9-11H2,1H3/b16-13+. The summed E-state index contributed by atoms with van der Waals surface area (Å²) in [6.07, 6.45) is 7.50. The van der Waals surface area contributed by atoms with Crippen molar-refractivity contribution in [1.29, 1.82) is 0 Å². The molecule has 3 rings (SSSR count). The lowest BCUT2D eigenvalue weighted by molar-refractivity contribution is -0.135. The molecule has 1 aromatic rings. The first kappa shape index (κ1) is 19.6. The molecule has 2 aliphatic heterocycles. The van der Waals surface area contributed by atoms with Gasteiger partial charge in [0.05, 0.1) is 4.91 Å². The molecule has 0 N–H and O–H groups in total. The van der Waals surface area contributed by atoms with E-state index in [4.69, 9.17) is 12.2 Å². The van der Waals surface area contributed by atoms with Crippen molar-refractivity contribution in [2.24, 2.45) is 0 Å². The van der Waals surface area contributed by atoms with Gasteiger partial charge in [-0.1, -0.05) is 37.0 Å². The van der Waals surface area contributed by atoms with Crippen LogP contribution in [0.2, 0.25) is 0 Å². The third kappa shape index (κ3) is 4.56. The number of nitrogens with zero attached hydrogens (tertiary/aromatic N) is 2. The Labute approximate surface area is 168 Å². The van der Waals surface area contributed by atoms with Gasteiger partial charge in [-0.3, -0.25) is 14.5 Å². The maximum absolute atomic E-state index is 12.6. The highest BCUT2D eigenvalue weighted by molar-refractivity contribution is 8.26. The van der Waals surface area contributed by atoms with Crippen LogP contribution in [0.5, 0.6) is 0 Å². The van der Waals surface area contributed by atoms with Gasteiger partial charge in [0.2, 0.25) is 5.91 Å². The van der Waals surface area contributed by atoms with Gasteiger partial charge >= 0.3 is 0 Å². The van der Waals surface area contributed by atoms with Crippen LogP contribution in [0.1, 0.15) is 50.3 Å². The molecule has 0 aromatic carbocycles. The molecule has 0 saturated carbocycles. The highest BCUT2D eigenvalue weighted by Crippen LogP contribution is 2.33. The number of thiocarbonyl (C=S) groups is 1. The third-order valence-electron chi connectivity index (χ3n) is 4.88. The Morgan fingerprint density at radius 2 is 2.27 bits per heavy atom. The predicted octanol–water partition coefficient (Wildman–Crippen LogP) is 4.52. The third-order valence-corrected chi connectivity index (χ3v) is 7.08. The zero-order valence-electron chi connectivity index (χ0n) is 15.0. The molecule has 2 fully saturated rings. The normalized spacial score (nSPS) is 22.5. The van der Waals surface area contributed by atoms with Gasteiger partial charge in [0.1, 0.15) is 4.32 Å². The molecule has 3 heterocycles. The van der Waals surface area contributed by atoms with Crippen LogP contribution < -0.4 is 0 Å². The van der Waals surface area contributed by atoms with Gasteiger partial charge in [0.25, 0.3) is 5.91 Å². The molecular formula is C19H24N2O2S3. The van der Waals surface area contributed by atoms with Gasteiger partial charge in [0, 0.05) is 30.4 Å². The van der Waals surface area contributed by atoms with Gasteiger partial charge < -0.3 is 4.90 Å². The Hall–Kier alpha value is -1.18. The number of rotatable bonds is 6. The molecule has 140 valence electrons. The molecule has 1 aromatic heterocycles. The number of hydrogen-bond donors (Lipinski definition) is 0. The summed E-state index contributed by atoms with van der Waals surface area (Å²) >= 11 is 8.32. The van der Waals surface area contributed by atoms with Crippen LogP contribution in [0.3, 0.4) is 0 Å². The van der Waals surface area contributed by atoms with Crippen LogP contribution in [0.15, 0.2) is 22.4 Å². The number of hydrogen-bond acceptors (Lipinski definition) is 5. The van der Waals surface area contributed by atoms with E-state index in [1.807, 2.05) is 28.5 Å². The van der Waals surface area contributed by atoms with Crippen LogP contribution in [0.25, 0.3) is 6.08 Å². The predicted molar refractivity (Wildman–Crippen MR) is 113 cm³/mol. The van der Waals surface area contributed by atoms with Crippen LogP contribution in [0.4, 0.5) is 0 Å². The Balaban J connectivity index is 1.52. The first-order valence-electron chi connectivity index (χ1n) is 9.18. The summed E-state index contributed by atoms with van der Waals surface area (Å²) in [5.74, 6) is 0.182.